The summed E-state index contributed by atoms with van der Waals surface area (Å²) in [5.41, 5.74) is 1.11. The van der Waals surface area contributed by atoms with Crippen LogP contribution in [-0.4, -0.2) is 37.2 Å². The molecule has 2 saturated heterocycles. The molecule has 104 valence electrons. The lowest BCUT2D eigenvalue weighted by Crippen LogP contribution is -2.42. The summed E-state index contributed by atoms with van der Waals surface area (Å²) in [5, 5.41) is 4.30. The molecule has 1 N–H and O–H groups in total. The minimum absolute atomic E-state index is 0.574. The Labute approximate surface area is 119 Å². The van der Waals surface area contributed by atoms with E-state index in [0.29, 0.717) is 11.1 Å². The molecule has 2 heterocycles. The first-order valence-corrected chi connectivity index (χ1v) is 7.48. The molecule has 0 saturated carbocycles. The minimum Gasteiger partial charge on any atom is -0.495 e. The van der Waals surface area contributed by atoms with Crippen LogP contribution in [0, 0.1) is 0 Å². The maximum atomic E-state index is 6.05. The van der Waals surface area contributed by atoms with Gasteiger partial charge in [-0.1, -0.05) is 11.6 Å². The Morgan fingerprint density at radius 3 is 3.05 bits per heavy atom. The maximum absolute atomic E-state index is 6.05. The molecule has 2 atom stereocenters. The number of benzene rings is 1. The van der Waals surface area contributed by atoms with E-state index >= 15 is 0 Å². The van der Waals surface area contributed by atoms with E-state index in [0.717, 1.165) is 17.5 Å². The first-order valence-electron chi connectivity index (χ1n) is 7.10. The standard InChI is InChI=1S/C15H21ClN2O/c1-19-15-10-11(4-5-14(15)16)17-12-6-8-18-7-2-3-13(18)9-12/h4-5,10,12-13,17H,2-3,6-9H2,1H3. The van der Waals surface area contributed by atoms with Gasteiger partial charge in [-0.25, -0.2) is 0 Å². The number of piperidine rings is 1. The van der Waals surface area contributed by atoms with Crippen LogP contribution in [0.4, 0.5) is 5.69 Å². The van der Waals surface area contributed by atoms with Gasteiger partial charge in [0.2, 0.25) is 0 Å². The van der Waals surface area contributed by atoms with Gasteiger partial charge in [0.15, 0.2) is 0 Å². The second-order valence-electron chi connectivity index (χ2n) is 5.55. The zero-order valence-electron chi connectivity index (χ0n) is 11.4. The zero-order chi connectivity index (χ0) is 13.2. The third-order valence-corrected chi connectivity index (χ3v) is 4.65. The molecule has 0 bridgehead atoms. The van der Waals surface area contributed by atoms with E-state index in [2.05, 4.69) is 10.2 Å². The fourth-order valence-corrected chi connectivity index (χ4v) is 3.54. The third kappa shape index (κ3) is 2.82. The molecule has 1 aromatic rings. The van der Waals surface area contributed by atoms with Crippen LogP contribution >= 0.6 is 11.6 Å². The normalized spacial score (nSPS) is 27.1. The highest BCUT2D eigenvalue weighted by Crippen LogP contribution is 2.31. The van der Waals surface area contributed by atoms with Gasteiger partial charge in [0.1, 0.15) is 5.75 Å². The van der Waals surface area contributed by atoms with Crippen molar-refractivity contribution < 1.29 is 4.74 Å². The van der Waals surface area contributed by atoms with Gasteiger partial charge in [0, 0.05) is 30.4 Å². The predicted molar refractivity (Wildman–Crippen MR) is 79.2 cm³/mol. The highest BCUT2D eigenvalue weighted by molar-refractivity contribution is 6.32. The average molecular weight is 281 g/mol. The summed E-state index contributed by atoms with van der Waals surface area (Å²) in [5.74, 6) is 0.741. The molecule has 1 aromatic carbocycles. The molecule has 0 spiro atoms. The monoisotopic (exact) mass is 280 g/mol. The van der Waals surface area contributed by atoms with Gasteiger partial charge in [0.25, 0.3) is 0 Å². The lowest BCUT2D eigenvalue weighted by molar-refractivity contribution is 0.188. The number of fused-ring (bicyclic) bond motifs is 1. The largest absolute Gasteiger partial charge is 0.495 e. The van der Waals surface area contributed by atoms with E-state index in [9.17, 15) is 0 Å². The van der Waals surface area contributed by atoms with E-state index in [1.165, 1.54) is 38.8 Å². The van der Waals surface area contributed by atoms with Gasteiger partial charge in [0.05, 0.1) is 12.1 Å². The van der Waals surface area contributed by atoms with E-state index in [-0.39, 0.29) is 0 Å². The lowest BCUT2D eigenvalue weighted by atomic mass is 9.97. The van der Waals surface area contributed by atoms with Gasteiger partial charge in [-0.2, -0.15) is 0 Å². The molecule has 3 nitrogen and oxygen atoms in total. The number of halogens is 1. The van der Waals surface area contributed by atoms with Gasteiger partial charge in [-0.15, -0.1) is 0 Å². The number of rotatable bonds is 3. The Hall–Kier alpha value is -0.930. The summed E-state index contributed by atoms with van der Waals surface area (Å²) in [6.07, 6.45) is 5.21. The fraction of sp³-hybridized carbons (Fsp3) is 0.600. The Morgan fingerprint density at radius 1 is 1.32 bits per heavy atom. The van der Waals surface area contributed by atoms with Crippen LogP contribution in [0.3, 0.4) is 0 Å². The molecule has 19 heavy (non-hydrogen) atoms. The maximum Gasteiger partial charge on any atom is 0.139 e. The first kappa shape index (κ1) is 13.1. The highest BCUT2D eigenvalue weighted by Gasteiger charge is 2.31. The van der Waals surface area contributed by atoms with Crippen molar-refractivity contribution in [1.82, 2.24) is 4.90 Å². The van der Waals surface area contributed by atoms with Crippen LogP contribution in [0.5, 0.6) is 5.75 Å². The topological polar surface area (TPSA) is 24.5 Å². The van der Waals surface area contributed by atoms with E-state index < -0.39 is 0 Å². The molecule has 3 rings (SSSR count). The van der Waals surface area contributed by atoms with E-state index in [1.54, 1.807) is 7.11 Å². The van der Waals surface area contributed by atoms with Crippen LogP contribution in [-0.2, 0) is 0 Å². The molecule has 4 heteroatoms. The van der Waals surface area contributed by atoms with Gasteiger partial charge >= 0.3 is 0 Å². The number of methoxy groups -OCH3 is 1. The molecule has 2 aliphatic heterocycles. The van der Waals surface area contributed by atoms with E-state index in [1.807, 2.05) is 18.2 Å². The van der Waals surface area contributed by atoms with E-state index in [4.69, 9.17) is 16.3 Å². The first-order chi connectivity index (χ1) is 9.26. The molecule has 2 unspecified atom stereocenters. The number of nitrogens with zero attached hydrogens (tertiary/aromatic N) is 1. The van der Waals surface area contributed by atoms with Crippen LogP contribution in [0.25, 0.3) is 0 Å². The molecular weight excluding hydrogens is 260 g/mol. The van der Waals surface area contributed by atoms with Crippen molar-refractivity contribution in [1.29, 1.82) is 0 Å². The molecule has 0 radical (unpaired) electrons. The molecule has 2 aliphatic rings. The summed E-state index contributed by atoms with van der Waals surface area (Å²) in [6, 6.07) is 7.29. The van der Waals surface area contributed by atoms with Crippen molar-refractivity contribution in [2.24, 2.45) is 0 Å². The van der Waals surface area contributed by atoms with Gasteiger partial charge in [-0.05, 0) is 44.4 Å². The predicted octanol–water partition coefficient (Wildman–Crippen LogP) is 3.39. The van der Waals surface area contributed by atoms with Crippen molar-refractivity contribution in [3.8, 4) is 5.75 Å². The molecule has 0 aromatic heterocycles. The van der Waals surface area contributed by atoms with Crippen LogP contribution in [0.15, 0.2) is 18.2 Å². The number of hydrogen-bond donors (Lipinski definition) is 1. The minimum atomic E-state index is 0.574. The Morgan fingerprint density at radius 2 is 2.21 bits per heavy atom. The SMILES string of the molecule is COc1cc(NC2CCN3CCCC3C2)ccc1Cl. The number of ether oxygens (including phenoxy) is 1. The zero-order valence-corrected chi connectivity index (χ0v) is 12.1. The summed E-state index contributed by atoms with van der Waals surface area (Å²) < 4.78 is 5.26. The Bertz CT molecular complexity index is 452. The molecule has 0 amide bonds. The van der Waals surface area contributed by atoms with Crippen molar-refractivity contribution >= 4 is 17.3 Å². The van der Waals surface area contributed by atoms with Crippen molar-refractivity contribution in [2.45, 2.75) is 37.8 Å². The van der Waals surface area contributed by atoms with Crippen LogP contribution in [0.1, 0.15) is 25.7 Å². The summed E-state index contributed by atoms with van der Waals surface area (Å²) in [6.45, 7) is 2.53. The second kappa shape index (κ2) is 5.59. The molecule has 2 fully saturated rings. The lowest BCUT2D eigenvalue weighted by Gasteiger charge is -2.35. The van der Waals surface area contributed by atoms with Crippen molar-refractivity contribution in [2.75, 3.05) is 25.5 Å². The molecule has 0 aliphatic carbocycles. The fourth-order valence-electron chi connectivity index (χ4n) is 3.34. The number of hydrogen-bond acceptors (Lipinski definition) is 3. The number of nitrogens with one attached hydrogen (secondary N) is 1. The smallest absolute Gasteiger partial charge is 0.139 e. The van der Waals surface area contributed by atoms with Crippen molar-refractivity contribution in [3.05, 3.63) is 23.2 Å². The summed E-state index contributed by atoms with van der Waals surface area (Å²) >= 11 is 6.05. The van der Waals surface area contributed by atoms with Crippen LogP contribution < -0.4 is 10.1 Å². The Balaban J connectivity index is 1.65. The Kier molecular flexibility index (Phi) is 3.85. The highest BCUT2D eigenvalue weighted by atomic mass is 35.5. The van der Waals surface area contributed by atoms with Crippen molar-refractivity contribution in [3.63, 3.8) is 0 Å². The molecular formula is C15H21ClN2O. The summed E-state index contributed by atoms with van der Waals surface area (Å²) in [4.78, 5) is 2.64. The number of anilines is 1. The van der Waals surface area contributed by atoms with Crippen LogP contribution in [0.2, 0.25) is 5.02 Å². The van der Waals surface area contributed by atoms with Gasteiger partial charge < -0.3 is 15.0 Å². The quantitative estimate of drug-likeness (QED) is 0.919. The third-order valence-electron chi connectivity index (χ3n) is 4.34. The second-order valence-corrected chi connectivity index (χ2v) is 5.95. The average Bonchev–Trinajstić information content (AvgIpc) is 2.88. The summed E-state index contributed by atoms with van der Waals surface area (Å²) in [7, 11) is 1.65. The van der Waals surface area contributed by atoms with Gasteiger partial charge in [-0.3, -0.25) is 0 Å².